The van der Waals surface area contributed by atoms with Crippen molar-refractivity contribution in [1.82, 2.24) is 0 Å². The third kappa shape index (κ3) is 3.03. The molecule has 26 heavy (non-hydrogen) atoms. The molecule has 0 fully saturated rings. The Labute approximate surface area is 154 Å². The fourth-order valence-corrected chi connectivity index (χ4v) is 4.13. The van der Waals surface area contributed by atoms with E-state index in [9.17, 15) is 10.1 Å². The minimum Gasteiger partial charge on any atom is -0.258 e. The van der Waals surface area contributed by atoms with Crippen LogP contribution in [0.3, 0.4) is 0 Å². The van der Waals surface area contributed by atoms with Crippen LogP contribution in [0.1, 0.15) is 10.4 Å². The Morgan fingerprint density at radius 1 is 0.885 bits per heavy atom. The quantitative estimate of drug-likeness (QED) is 0.473. The van der Waals surface area contributed by atoms with Crippen LogP contribution in [0.25, 0.3) is 28.3 Å². The molecule has 0 radical (unpaired) electrons. The lowest BCUT2D eigenvalue weighted by Crippen LogP contribution is -2.27. The van der Waals surface area contributed by atoms with E-state index in [0.717, 1.165) is 21.0 Å². The molecule has 3 nitrogen and oxygen atoms in total. The number of nitro benzene ring substituents is 1. The van der Waals surface area contributed by atoms with Gasteiger partial charge >= 0.3 is 0 Å². The molecule has 3 aromatic rings. The molecule has 126 valence electrons. The molecule has 0 amide bonds. The molecule has 1 aliphatic carbocycles. The largest absolute Gasteiger partial charge is 0.277 e. The third-order valence-electron chi connectivity index (χ3n) is 4.23. The van der Waals surface area contributed by atoms with E-state index in [1.807, 2.05) is 60.7 Å². The van der Waals surface area contributed by atoms with Crippen molar-refractivity contribution in [3.05, 3.63) is 104 Å². The minimum absolute atomic E-state index is 0.116. The molecule has 1 aliphatic rings. The van der Waals surface area contributed by atoms with Crippen molar-refractivity contribution in [1.29, 1.82) is 0 Å². The number of nitro groups is 1. The molecule has 0 unspecified atom stereocenters. The fourth-order valence-electron chi connectivity index (χ4n) is 3.03. The Morgan fingerprint density at radius 2 is 1.69 bits per heavy atom. The maximum atomic E-state index is 11.6. The Kier molecular flexibility index (Phi) is 4.33. The van der Waals surface area contributed by atoms with Crippen molar-refractivity contribution in [2.24, 2.45) is 0 Å². The number of rotatable bonds is 1. The van der Waals surface area contributed by atoms with Gasteiger partial charge in [0, 0.05) is 26.6 Å². The summed E-state index contributed by atoms with van der Waals surface area (Å²) in [6, 6.07) is 13.3. The molecule has 0 spiro atoms. The van der Waals surface area contributed by atoms with Crippen LogP contribution in [0.5, 0.6) is 0 Å². The Hall–Kier alpha value is -3.24. The van der Waals surface area contributed by atoms with Gasteiger partial charge < -0.3 is 0 Å². The summed E-state index contributed by atoms with van der Waals surface area (Å²) in [7, 11) is 0. The number of allylic oxidation sites excluding steroid dienone is 5. The lowest BCUT2D eigenvalue weighted by atomic mass is 10.1. The van der Waals surface area contributed by atoms with E-state index in [-0.39, 0.29) is 10.6 Å². The normalized spacial score (nSPS) is 19.4. The number of fused-ring (bicyclic) bond motifs is 4. The molecule has 4 rings (SSSR count). The van der Waals surface area contributed by atoms with Gasteiger partial charge in [0.25, 0.3) is 5.69 Å². The summed E-state index contributed by atoms with van der Waals surface area (Å²) >= 11 is 1.69. The van der Waals surface area contributed by atoms with Crippen LogP contribution in [0.4, 0.5) is 5.69 Å². The van der Waals surface area contributed by atoms with Crippen LogP contribution >= 0.6 is 11.3 Å². The summed E-state index contributed by atoms with van der Waals surface area (Å²) in [5.74, 6) is 0. The smallest absolute Gasteiger partial charge is 0.258 e. The minimum atomic E-state index is -0.317. The molecule has 0 aliphatic heterocycles. The van der Waals surface area contributed by atoms with Crippen molar-refractivity contribution in [3.8, 4) is 0 Å². The van der Waals surface area contributed by atoms with Crippen molar-refractivity contribution in [2.45, 2.75) is 0 Å². The number of hydrogen-bond donors (Lipinski definition) is 0. The summed E-state index contributed by atoms with van der Waals surface area (Å²) in [5, 5.41) is 14.2. The second kappa shape index (κ2) is 6.94. The molecule has 0 saturated heterocycles. The number of thiophene rings is 1. The third-order valence-corrected chi connectivity index (χ3v) is 5.38. The number of benzene rings is 2. The van der Waals surface area contributed by atoms with Crippen LogP contribution in [0.2, 0.25) is 0 Å². The summed E-state index contributed by atoms with van der Waals surface area (Å²) in [6.07, 6.45) is 15.6. The summed E-state index contributed by atoms with van der Waals surface area (Å²) < 4.78 is 1.17. The van der Waals surface area contributed by atoms with Gasteiger partial charge in [-0.05, 0) is 23.4 Å². The Balaban J connectivity index is 2.17. The topological polar surface area (TPSA) is 43.1 Å². The van der Waals surface area contributed by atoms with Gasteiger partial charge in [-0.25, -0.2) is 0 Å². The first-order valence-corrected chi connectivity index (χ1v) is 9.04. The van der Waals surface area contributed by atoms with Gasteiger partial charge in [0.05, 0.1) is 10.1 Å². The Morgan fingerprint density at radius 3 is 2.58 bits per heavy atom. The zero-order valence-corrected chi connectivity index (χ0v) is 14.6. The lowest BCUT2D eigenvalue weighted by molar-refractivity contribution is -0.385. The molecule has 0 N–H and O–H groups in total. The molecule has 1 aromatic heterocycles. The van der Waals surface area contributed by atoms with Crippen molar-refractivity contribution in [2.75, 3.05) is 0 Å². The first-order valence-electron chi connectivity index (χ1n) is 8.22. The zero-order valence-electron chi connectivity index (χ0n) is 13.8. The average molecular weight is 357 g/mol. The molecule has 1 heterocycles. The highest BCUT2D eigenvalue weighted by atomic mass is 32.1. The molecule has 2 aromatic carbocycles. The zero-order chi connectivity index (χ0) is 17.9. The van der Waals surface area contributed by atoms with Crippen LogP contribution in [-0.4, -0.2) is 4.92 Å². The SMILES string of the molecule is O=[N+]([O-])c1cccc2/c1=C/c1c(sc3ccccc13)\C=C/C=C/C=C\C=2. The standard InChI is InChI=1S/C22H15NO2S/c24-23(25)20-12-8-10-16-9-4-2-1-3-5-13-22-19(15-18(16)20)17-11-6-7-14-21(17)26-22/h1-15H/b2-1?,3-1+,4-2-,5-3?,9-4?,13-5-,16-9-,18-15-,19-15?,22-13?. The fraction of sp³-hybridized carbons (Fsp3) is 0. The average Bonchev–Trinajstić information content (AvgIpc) is 2.98. The van der Waals surface area contributed by atoms with Crippen LogP contribution in [-0.2, 0) is 0 Å². The van der Waals surface area contributed by atoms with Gasteiger partial charge in [0.15, 0.2) is 0 Å². The van der Waals surface area contributed by atoms with E-state index in [1.54, 1.807) is 23.5 Å². The maximum absolute atomic E-state index is 11.6. The van der Waals surface area contributed by atoms with E-state index in [0.29, 0.717) is 5.22 Å². The van der Waals surface area contributed by atoms with E-state index in [1.165, 1.54) is 4.70 Å². The highest BCUT2D eigenvalue weighted by molar-refractivity contribution is 7.20. The van der Waals surface area contributed by atoms with Crippen molar-refractivity contribution >= 4 is 45.3 Å². The van der Waals surface area contributed by atoms with Crippen molar-refractivity contribution in [3.63, 3.8) is 0 Å². The highest BCUT2D eigenvalue weighted by Crippen LogP contribution is 2.33. The van der Waals surface area contributed by atoms with Gasteiger partial charge in [-0.2, -0.15) is 0 Å². The van der Waals surface area contributed by atoms with Gasteiger partial charge in [0.1, 0.15) is 0 Å². The van der Waals surface area contributed by atoms with Crippen LogP contribution in [0, 0.1) is 10.1 Å². The highest BCUT2D eigenvalue weighted by Gasteiger charge is 2.12. The Bertz CT molecular complexity index is 1210. The monoisotopic (exact) mass is 357 g/mol. The first-order chi connectivity index (χ1) is 12.7. The molecule has 0 saturated carbocycles. The van der Waals surface area contributed by atoms with E-state index < -0.39 is 0 Å². The van der Waals surface area contributed by atoms with Gasteiger partial charge in [-0.3, -0.25) is 10.1 Å². The molecule has 4 heteroatoms. The summed E-state index contributed by atoms with van der Waals surface area (Å²) in [4.78, 5) is 12.4. The van der Waals surface area contributed by atoms with Gasteiger partial charge in [-0.1, -0.05) is 66.8 Å². The second-order valence-corrected chi connectivity index (χ2v) is 6.94. The van der Waals surface area contributed by atoms with Crippen LogP contribution < -0.4 is 10.4 Å². The van der Waals surface area contributed by atoms with E-state index in [4.69, 9.17) is 0 Å². The molecule has 0 bridgehead atoms. The van der Waals surface area contributed by atoms with E-state index in [2.05, 4.69) is 18.2 Å². The van der Waals surface area contributed by atoms with Gasteiger partial charge in [-0.15, -0.1) is 11.3 Å². The maximum Gasteiger partial charge on any atom is 0.277 e. The first kappa shape index (κ1) is 16.2. The number of non-ortho nitro benzene ring substituents is 1. The predicted molar refractivity (Wildman–Crippen MR) is 110 cm³/mol. The second-order valence-electron chi connectivity index (χ2n) is 5.85. The number of hydrogen-bond acceptors (Lipinski definition) is 3. The summed E-state index contributed by atoms with van der Waals surface area (Å²) in [5.41, 5.74) is 1.13. The molecular formula is C22H15NO2S. The number of nitrogens with zero attached hydrogens (tertiary/aromatic N) is 1. The van der Waals surface area contributed by atoms with Crippen molar-refractivity contribution < 1.29 is 4.92 Å². The molecule has 0 atom stereocenters. The van der Waals surface area contributed by atoms with Crippen LogP contribution in [0.15, 0.2) is 72.8 Å². The van der Waals surface area contributed by atoms with E-state index >= 15 is 0 Å². The lowest BCUT2D eigenvalue weighted by Gasteiger charge is -1.98. The summed E-state index contributed by atoms with van der Waals surface area (Å²) in [6.45, 7) is 0. The van der Waals surface area contributed by atoms with Gasteiger partial charge in [0.2, 0.25) is 0 Å². The predicted octanol–water partition coefficient (Wildman–Crippen LogP) is 4.56. The molecular weight excluding hydrogens is 342 g/mol.